The van der Waals surface area contributed by atoms with E-state index in [-0.39, 0.29) is 11.5 Å². The number of para-hydroxylation sites is 2. The lowest BCUT2D eigenvalue weighted by molar-refractivity contribution is -0.153. The highest BCUT2D eigenvalue weighted by Gasteiger charge is 2.29. The number of rotatable bonds is 5. The molecule has 0 spiro atoms. The number of ether oxygens (including phenoxy) is 2. The van der Waals surface area contributed by atoms with Crippen LogP contribution < -0.4 is 9.47 Å². The molecule has 0 radical (unpaired) electrons. The van der Waals surface area contributed by atoms with Crippen LogP contribution in [0.2, 0.25) is 0 Å². The number of aromatic nitrogens is 2. The summed E-state index contributed by atoms with van der Waals surface area (Å²) in [5.41, 5.74) is 0.686. The van der Waals surface area contributed by atoms with Gasteiger partial charge in [0.2, 0.25) is 0 Å². The van der Waals surface area contributed by atoms with Crippen LogP contribution in [0.5, 0.6) is 11.5 Å². The van der Waals surface area contributed by atoms with Crippen LogP contribution in [0.25, 0.3) is 6.08 Å². The Hall–Kier alpha value is -2.77. The summed E-state index contributed by atoms with van der Waals surface area (Å²) in [4.78, 5) is 11.7. The Bertz CT molecular complexity index is 708. The number of aryl methyl sites for hydroxylation is 1. The zero-order valence-electron chi connectivity index (χ0n) is 12.1. The summed E-state index contributed by atoms with van der Waals surface area (Å²) < 4.78 is 47.8. The Kier molecular flexibility index (Phi) is 5.05. The first kappa shape index (κ1) is 16.6. The van der Waals surface area contributed by atoms with E-state index in [1.807, 2.05) is 0 Å². The van der Waals surface area contributed by atoms with E-state index in [4.69, 9.17) is 4.74 Å². The van der Waals surface area contributed by atoms with E-state index in [2.05, 4.69) is 9.84 Å². The third-order valence-corrected chi connectivity index (χ3v) is 2.59. The van der Waals surface area contributed by atoms with Crippen molar-refractivity contribution in [2.45, 2.75) is 6.18 Å². The van der Waals surface area contributed by atoms with Gasteiger partial charge in [-0.25, -0.2) is 4.79 Å². The van der Waals surface area contributed by atoms with Gasteiger partial charge in [-0.2, -0.15) is 18.3 Å². The summed E-state index contributed by atoms with van der Waals surface area (Å²) in [5, 5.41) is 3.93. The fourth-order valence-electron chi connectivity index (χ4n) is 1.65. The molecule has 23 heavy (non-hydrogen) atoms. The third-order valence-electron chi connectivity index (χ3n) is 2.59. The van der Waals surface area contributed by atoms with E-state index in [1.54, 1.807) is 24.1 Å². The Morgan fingerprint density at radius 2 is 2.00 bits per heavy atom. The van der Waals surface area contributed by atoms with Gasteiger partial charge in [0.25, 0.3) is 0 Å². The molecule has 0 aliphatic rings. The van der Waals surface area contributed by atoms with Crippen LogP contribution in [0.4, 0.5) is 13.2 Å². The van der Waals surface area contributed by atoms with Crippen LogP contribution >= 0.6 is 0 Å². The van der Waals surface area contributed by atoms with Crippen molar-refractivity contribution in [3.8, 4) is 11.5 Å². The van der Waals surface area contributed by atoms with E-state index in [1.165, 1.54) is 30.3 Å². The van der Waals surface area contributed by atoms with E-state index < -0.39 is 18.8 Å². The first-order chi connectivity index (χ1) is 10.8. The Labute approximate surface area is 129 Å². The SMILES string of the molecule is Cn1cc(/C=C/C(=O)Oc2ccccc2OCC(F)(F)F)cn1. The minimum Gasteiger partial charge on any atom is -0.480 e. The summed E-state index contributed by atoms with van der Waals surface area (Å²) in [6, 6.07) is 5.64. The molecule has 0 fully saturated rings. The van der Waals surface area contributed by atoms with Gasteiger partial charge in [0, 0.05) is 24.9 Å². The maximum Gasteiger partial charge on any atom is 0.422 e. The zero-order valence-corrected chi connectivity index (χ0v) is 12.1. The number of hydrogen-bond acceptors (Lipinski definition) is 4. The van der Waals surface area contributed by atoms with Crippen molar-refractivity contribution in [3.63, 3.8) is 0 Å². The van der Waals surface area contributed by atoms with Gasteiger partial charge in [-0.05, 0) is 18.2 Å². The maximum absolute atomic E-state index is 12.2. The van der Waals surface area contributed by atoms with Crippen LogP contribution in [-0.2, 0) is 11.8 Å². The van der Waals surface area contributed by atoms with E-state index in [0.717, 1.165) is 6.08 Å². The van der Waals surface area contributed by atoms with Crippen molar-refractivity contribution in [2.24, 2.45) is 7.05 Å². The molecular weight excluding hydrogens is 313 g/mol. The highest BCUT2D eigenvalue weighted by molar-refractivity contribution is 5.88. The third kappa shape index (κ3) is 5.50. The Morgan fingerprint density at radius 1 is 1.30 bits per heavy atom. The average molecular weight is 326 g/mol. The van der Waals surface area contributed by atoms with Gasteiger partial charge in [-0.3, -0.25) is 4.68 Å². The second-order valence-electron chi connectivity index (χ2n) is 4.55. The number of nitrogens with zero attached hydrogens (tertiary/aromatic N) is 2. The van der Waals surface area contributed by atoms with Gasteiger partial charge < -0.3 is 9.47 Å². The number of alkyl halides is 3. The molecule has 0 saturated carbocycles. The van der Waals surface area contributed by atoms with Gasteiger partial charge in [0.1, 0.15) is 0 Å². The number of carbonyl (C=O) groups excluding carboxylic acids is 1. The lowest BCUT2D eigenvalue weighted by Gasteiger charge is -2.12. The minimum absolute atomic E-state index is 0.0856. The molecule has 2 aromatic rings. The van der Waals surface area contributed by atoms with Gasteiger partial charge in [0.05, 0.1) is 6.20 Å². The predicted octanol–water partition coefficient (Wildman–Crippen LogP) is 2.98. The Balaban J connectivity index is 2.01. The lowest BCUT2D eigenvalue weighted by atomic mass is 10.3. The number of hydrogen-bond donors (Lipinski definition) is 0. The molecule has 0 N–H and O–H groups in total. The average Bonchev–Trinajstić information content (AvgIpc) is 2.89. The summed E-state index contributed by atoms with van der Waals surface area (Å²) in [7, 11) is 1.73. The van der Waals surface area contributed by atoms with Crippen LogP contribution in [0.3, 0.4) is 0 Å². The van der Waals surface area contributed by atoms with Crippen LogP contribution in [0.15, 0.2) is 42.7 Å². The fourth-order valence-corrected chi connectivity index (χ4v) is 1.65. The standard InChI is InChI=1S/C15H13F3N2O3/c1-20-9-11(8-19-20)6-7-14(21)23-13-5-3-2-4-12(13)22-10-15(16,17)18/h2-9H,10H2,1H3/b7-6+. The summed E-state index contributed by atoms with van der Waals surface area (Å²) in [5.74, 6) is -0.984. The van der Waals surface area contributed by atoms with E-state index in [0.29, 0.717) is 5.56 Å². The molecule has 8 heteroatoms. The molecule has 0 amide bonds. The molecular formula is C15H13F3N2O3. The van der Waals surface area contributed by atoms with Crippen LogP contribution in [0.1, 0.15) is 5.56 Å². The fraction of sp³-hybridized carbons (Fsp3) is 0.200. The first-order valence-corrected chi connectivity index (χ1v) is 6.50. The topological polar surface area (TPSA) is 53.4 Å². The number of benzene rings is 1. The number of carbonyl (C=O) groups is 1. The molecule has 0 aliphatic carbocycles. The number of halogens is 3. The molecule has 1 aromatic carbocycles. The zero-order chi connectivity index (χ0) is 16.9. The summed E-state index contributed by atoms with van der Waals surface area (Å²) >= 11 is 0. The molecule has 122 valence electrons. The molecule has 1 heterocycles. The van der Waals surface area contributed by atoms with Crippen LogP contribution in [0, 0.1) is 0 Å². The monoisotopic (exact) mass is 326 g/mol. The minimum atomic E-state index is -4.47. The van der Waals surface area contributed by atoms with E-state index >= 15 is 0 Å². The largest absolute Gasteiger partial charge is 0.480 e. The quantitative estimate of drug-likeness (QED) is 0.481. The number of esters is 1. The van der Waals surface area contributed by atoms with Gasteiger partial charge >= 0.3 is 12.1 Å². The van der Waals surface area contributed by atoms with Crippen molar-refractivity contribution in [3.05, 3.63) is 48.3 Å². The summed E-state index contributed by atoms with van der Waals surface area (Å²) in [6.45, 7) is -1.47. The van der Waals surface area contributed by atoms with E-state index in [9.17, 15) is 18.0 Å². The summed E-state index contributed by atoms with van der Waals surface area (Å²) in [6.07, 6.45) is 1.39. The normalized spacial score (nSPS) is 11.7. The van der Waals surface area contributed by atoms with Crippen molar-refractivity contribution >= 4 is 12.0 Å². The van der Waals surface area contributed by atoms with Crippen molar-refractivity contribution in [1.82, 2.24) is 9.78 Å². The second-order valence-corrected chi connectivity index (χ2v) is 4.55. The van der Waals surface area contributed by atoms with Gasteiger partial charge in [0.15, 0.2) is 18.1 Å². The maximum atomic E-state index is 12.2. The predicted molar refractivity (Wildman–Crippen MR) is 75.9 cm³/mol. The highest BCUT2D eigenvalue weighted by Crippen LogP contribution is 2.28. The Morgan fingerprint density at radius 3 is 2.61 bits per heavy atom. The highest BCUT2D eigenvalue weighted by atomic mass is 19.4. The van der Waals surface area contributed by atoms with Crippen molar-refractivity contribution < 1.29 is 27.4 Å². The molecule has 0 aliphatic heterocycles. The molecule has 0 saturated heterocycles. The molecule has 2 rings (SSSR count). The molecule has 1 aromatic heterocycles. The van der Waals surface area contributed by atoms with Crippen molar-refractivity contribution in [2.75, 3.05) is 6.61 Å². The van der Waals surface area contributed by atoms with Gasteiger partial charge in [-0.1, -0.05) is 12.1 Å². The molecule has 0 bridgehead atoms. The van der Waals surface area contributed by atoms with Gasteiger partial charge in [-0.15, -0.1) is 0 Å². The van der Waals surface area contributed by atoms with Crippen molar-refractivity contribution in [1.29, 1.82) is 0 Å². The van der Waals surface area contributed by atoms with Crippen LogP contribution in [-0.4, -0.2) is 28.5 Å². The molecule has 0 atom stereocenters. The second kappa shape index (κ2) is 6.99. The lowest BCUT2D eigenvalue weighted by Crippen LogP contribution is -2.19. The molecule has 5 nitrogen and oxygen atoms in total. The molecule has 0 unspecified atom stereocenters. The first-order valence-electron chi connectivity index (χ1n) is 6.50. The smallest absolute Gasteiger partial charge is 0.422 e.